The smallest absolute Gasteiger partial charge is 0.272 e. The van der Waals surface area contributed by atoms with Gasteiger partial charge in [0.1, 0.15) is 5.69 Å². The number of piperazine rings is 1. The Hall–Kier alpha value is -3.61. The Morgan fingerprint density at radius 2 is 1.71 bits per heavy atom. The molecule has 0 bridgehead atoms. The third-order valence-corrected chi connectivity index (χ3v) is 4.90. The summed E-state index contributed by atoms with van der Waals surface area (Å²) in [5, 5.41) is 2.67. The first-order chi connectivity index (χ1) is 13.8. The molecule has 2 amide bonds. The Balaban J connectivity index is 1.45. The molecule has 1 aliphatic rings. The lowest BCUT2D eigenvalue weighted by atomic mass is 10.2. The number of hydrogen-bond donors (Lipinski definition) is 1. The van der Waals surface area contributed by atoms with Crippen molar-refractivity contribution >= 4 is 23.7 Å². The van der Waals surface area contributed by atoms with E-state index in [4.69, 9.17) is 0 Å². The fourth-order valence-electron chi connectivity index (χ4n) is 3.44. The van der Waals surface area contributed by atoms with Gasteiger partial charge < -0.3 is 15.1 Å². The normalized spacial score (nSPS) is 14.0. The van der Waals surface area contributed by atoms with Crippen LogP contribution in [0.1, 0.15) is 10.5 Å². The van der Waals surface area contributed by atoms with Gasteiger partial charge in [0.2, 0.25) is 6.41 Å². The van der Waals surface area contributed by atoms with Crippen LogP contribution in [0.4, 0.5) is 11.4 Å². The van der Waals surface area contributed by atoms with Crippen LogP contribution in [-0.2, 0) is 4.79 Å². The number of imidazole rings is 1. The first-order valence-electron chi connectivity index (χ1n) is 9.18. The fourth-order valence-corrected chi connectivity index (χ4v) is 3.44. The summed E-state index contributed by atoms with van der Waals surface area (Å²) in [6, 6.07) is 17.5. The van der Waals surface area contributed by atoms with E-state index in [0.29, 0.717) is 25.2 Å². The molecule has 0 radical (unpaired) electrons. The summed E-state index contributed by atoms with van der Waals surface area (Å²) in [7, 11) is 0. The number of nitrogens with zero attached hydrogens (tertiary/aromatic N) is 4. The van der Waals surface area contributed by atoms with Gasteiger partial charge in [-0.3, -0.25) is 14.2 Å². The van der Waals surface area contributed by atoms with Gasteiger partial charge in [0, 0.05) is 43.2 Å². The molecule has 2 heterocycles. The van der Waals surface area contributed by atoms with Crippen LogP contribution in [0.15, 0.2) is 67.1 Å². The molecular weight excluding hydrogens is 354 g/mol. The van der Waals surface area contributed by atoms with Crippen molar-refractivity contribution in [3.8, 4) is 5.69 Å². The molecular formula is C21H21N5O2. The van der Waals surface area contributed by atoms with Crippen LogP contribution in [0.5, 0.6) is 0 Å². The van der Waals surface area contributed by atoms with E-state index in [9.17, 15) is 9.59 Å². The highest BCUT2D eigenvalue weighted by molar-refractivity contribution is 5.93. The Morgan fingerprint density at radius 1 is 0.964 bits per heavy atom. The SMILES string of the molecule is O=CNc1cccc(N2CCN(C(=O)c3cncn3-c3ccccc3)CC2)c1. The van der Waals surface area contributed by atoms with Crippen molar-refractivity contribution in [3.05, 3.63) is 72.8 Å². The quantitative estimate of drug-likeness (QED) is 0.695. The molecule has 0 atom stereocenters. The molecule has 7 heteroatoms. The largest absolute Gasteiger partial charge is 0.368 e. The van der Waals surface area contributed by atoms with E-state index in [0.717, 1.165) is 30.2 Å². The van der Waals surface area contributed by atoms with Crippen molar-refractivity contribution < 1.29 is 9.59 Å². The average Bonchev–Trinajstić information content (AvgIpc) is 3.24. The molecule has 0 saturated carbocycles. The lowest BCUT2D eigenvalue weighted by molar-refractivity contribution is -0.105. The minimum atomic E-state index is -0.0163. The number of carbonyl (C=O) groups excluding carboxylic acids is 2. The van der Waals surface area contributed by atoms with Crippen molar-refractivity contribution in [1.29, 1.82) is 0 Å². The maximum absolute atomic E-state index is 13.0. The van der Waals surface area contributed by atoms with Gasteiger partial charge in [0.25, 0.3) is 5.91 Å². The second kappa shape index (κ2) is 7.96. The summed E-state index contributed by atoms with van der Waals surface area (Å²) in [6.07, 6.45) is 3.96. The summed E-state index contributed by atoms with van der Waals surface area (Å²) in [4.78, 5) is 31.9. The maximum Gasteiger partial charge on any atom is 0.272 e. The molecule has 3 aromatic rings. The molecule has 28 heavy (non-hydrogen) atoms. The zero-order valence-corrected chi connectivity index (χ0v) is 15.4. The number of benzene rings is 2. The minimum Gasteiger partial charge on any atom is -0.368 e. The minimum absolute atomic E-state index is 0.0163. The summed E-state index contributed by atoms with van der Waals surface area (Å²) in [5.74, 6) is -0.0163. The van der Waals surface area contributed by atoms with Crippen LogP contribution in [0.25, 0.3) is 5.69 Å². The Labute approximate surface area is 163 Å². The van der Waals surface area contributed by atoms with Gasteiger partial charge in [-0.25, -0.2) is 4.98 Å². The second-order valence-electron chi connectivity index (χ2n) is 6.58. The standard InChI is InChI=1S/C21H21N5O2/c27-16-23-17-5-4-8-19(13-17)24-9-11-25(12-10-24)21(28)20-14-22-15-26(20)18-6-2-1-3-7-18/h1-8,13-16H,9-12H2,(H,23,27). The first-order valence-corrected chi connectivity index (χ1v) is 9.18. The number of carbonyl (C=O) groups is 2. The topological polar surface area (TPSA) is 70.5 Å². The molecule has 0 spiro atoms. The zero-order valence-electron chi connectivity index (χ0n) is 15.4. The van der Waals surface area contributed by atoms with E-state index < -0.39 is 0 Å². The van der Waals surface area contributed by atoms with E-state index in [2.05, 4.69) is 15.2 Å². The van der Waals surface area contributed by atoms with E-state index in [1.807, 2.05) is 64.1 Å². The fraction of sp³-hybridized carbons (Fsp3) is 0.190. The molecule has 1 aromatic heterocycles. The lowest BCUT2D eigenvalue weighted by Gasteiger charge is -2.36. The van der Waals surface area contributed by atoms with Crippen LogP contribution in [0, 0.1) is 0 Å². The van der Waals surface area contributed by atoms with Gasteiger partial charge in [-0.05, 0) is 30.3 Å². The summed E-state index contributed by atoms with van der Waals surface area (Å²) >= 11 is 0. The molecule has 0 unspecified atom stereocenters. The van der Waals surface area contributed by atoms with E-state index in [-0.39, 0.29) is 5.91 Å². The van der Waals surface area contributed by atoms with Crippen LogP contribution < -0.4 is 10.2 Å². The number of nitrogens with one attached hydrogen (secondary N) is 1. The molecule has 1 aliphatic heterocycles. The van der Waals surface area contributed by atoms with Crippen molar-refractivity contribution in [2.24, 2.45) is 0 Å². The first kappa shape index (κ1) is 17.8. The van der Waals surface area contributed by atoms with Gasteiger partial charge in [-0.2, -0.15) is 0 Å². The molecule has 142 valence electrons. The number of amides is 2. The predicted octanol–water partition coefficient (Wildman–Crippen LogP) is 2.40. The van der Waals surface area contributed by atoms with Gasteiger partial charge in [-0.1, -0.05) is 24.3 Å². The Bertz CT molecular complexity index is 962. The third-order valence-electron chi connectivity index (χ3n) is 4.90. The predicted molar refractivity (Wildman–Crippen MR) is 108 cm³/mol. The van der Waals surface area contributed by atoms with Crippen molar-refractivity contribution in [2.45, 2.75) is 0 Å². The molecule has 1 fully saturated rings. The van der Waals surface area contributed by atoms with Crippen molar-refractivity contribution in [3.63, 3.8) is 0 Å². The summed E-state index contributed by atoms with van der Waals surface area (Å²) < 4.78 is 1.82. The second-order valence-corrected chi connectivity index (χ2v) is 6.58. The van der Waals surface area contributed by atoms with E-state index >= 15 is 0 Å². The molecule has 1 saturated heterocycles. The highest BCUT2D eigenvalue weighted by atomic mass is 16.2. The summed E-state index contributed by atoms with van der Waals surface area (Å²) in [6.45, 7) is 2.72. The number of hydrogen-bond acceptors (Lipinski definition) is 4. The average molecular weight is 375 g/mol. The third kappa shape index (κ3) is 3.59. The number of aromatic nitrogens is 2. The van der Waals surface area contributed by atoms with Crippen LogP contribution in [0.2, 0.25) is 0 Å². The molecule has 0 aliphatic carbocycles. The van der Waals surface area contributed by atoms with Gasteiger partial charge in [0.05, 0.1) is 12.5 Å². The van der Waals surface area contributed by atoms with E-state index in [1.165, 1.54) is 0 Å². The Kier molecular flexibility index (Phi) is 5.05. The number of rotatable bonds is 5. The van der Waals surface area contributed by atoms with E-state index in [1.54, 1.807) is 12.5 Å². The molecule has 1 N–H and O–H groups in total. The number of para-hydroxylation sites is 1. The van der Waals surface area contributed by atoms with Crippen LogP contribution >= 0.6 is 0 Å². The summed E-state index contributed by atoms with van der Waals surface area (Å²) in [5.41, 5.74) is 3.28. The Morgan fingerprint density at radius 3 is 2.46 bits per heavy atom. The van der Waals surface area contributed by atoms with Gasteiger partial charge in [-0.15, -0.1) is 0 Å². The lowest BCUT2D eigenvalue weighted by Crippen LogP contribution is -2.49. The molecule has 4 rings (SSSR count). The van der Waals surface area contributed by atoms with Gasteiger partial charge >= 0.3 is 0 Å². The maximum atomic E-state index is 13.0. The highest BCUT2D eigenvalue weighted by Gasteiger charge is 2.25. The van der Waals surface area contributed by atoms with Gasteiger partial charge in [0.15, 0.2) is 0 Å². The molecule has 7 nitrogen and oxygen atoms in total. The van der Waals surface area contributed by atoms with Crippen LogP contribution in [-0.4, -0.2) is 52.9 Å². The monoisotopic (exact) mass is 375 g/mol. The van der Waals surface area contributed by atoms with Crippen LogP contribution in [0.3, 0.4) is 0 Å². The van der Waals surface area contributed by atoms with Crippen molar-refractivity contribution in [2.75, 3.05) is 36.4 Å². The highest BCUT2D eigenvalue weighted by Crippen LogP contribution is 2.21. The number of anilines is 2. The van der Waals surface area contributed by atoms with Crippen molar-refractivity contribution in [1.82, 2.24) is 14.5 Å². The zero-order chi connectivity index (χ0) is 19.3. The molecule has 2 aromatic carbocycles.